The number of hydrogen-bond donors (Lipinski definition) is 0. The first-order valence-corrected chi connectivity index (χ1v) is 6.38. The Bertz CT molecular complexity index is 673. The number of ether oxygens (including phenoxy) is 2. The Morgan fingerprint density at radius 2 is 2.30 bits per heavy atom. The van der Waals surface area contributed by atoms with Crippen LogP contribution in [0.2, 0.25) is 0 Å². The molecule has 1 aromatic heterocycles. The van der Waals surface area contributed by atoms with Gasteiger partial charge in [0.05, 0.1) is 12.6 Å². The molecule has 0 bridgehead atoms. The molecular formula is C14H14N2O4. The van der Waals surface area contributed by atoms with E-state index in [4.69, 9.17) is 9.47 Å². The van der Waals surface area contributed by atoms with E-state index in [9.17, 15) is 9.59 Å². The molecule has 0 amide bonds. The predicted molar refractivity (Wildman–Crippen MR) is 70.2 cm³/mol. The minimum atomic E-state index is -0.493. The van der Waals surface area contributed by atoms with Gasteiger partial charge in [0, 0.05) is 5.39 Å². The summed E-state index contributed by atoms with van der Waals surface area (Å²) in [6.45, 7) is 0.323. The molecule has 0 radical (unpaired) electrons. The first-order chi connectivity index (χ1) is 9.74. The van der Waals surface area contributed by atoms with Crippen molar-refractivity contribution >= 4 is 23.3 Å². The van der Waals surface area contributed by atoms with E-state index in [1.54, 1.807) is 0 Å². The second-order valence-corrected chi connectivity index (χ2v) is 4.78. The van der Waals surface area contributed by atoms with Gasteiger partial charge in [-0.1, -0.05) is 6.07 Å². The van der Waals surface area contributed by atoms with Gasteiger partial charge in [0.1, 0.15) is 0 Å². The number of esters is 1. The fourth-order valence-corrected chi connectivity index (χ4v) is 2.31. The molecular weight excluding hydrogens is 260 g/mol. The molecule has 0 unspecified atom stereocenters. The zero-order valence-corrected chi connectivity index (χ0v) is 11.0. The van der Waals surface area contributed by atoms with Crippen molar-refractivity contribution in [1.82, 2.24) is 9.78 Å². The minimum absolute atomic E-state index is 0.0280. The lowest BCUT2D eigenvalue weighted by molar-refractivity contribution is -0.132. The van der Waals surface area contributed by atoms with Gasteiger partial charge in [0.15, 0.2) is 12.4 Å². The summed E-state index contributed by atoms with van der Waals surface area (Å²) in [5, 5.41) is 4.91. The summed E-state index contributed by atoms with van der Waals surface area (Å²) < 4.78 is 10.9. The quantitative estimate of drug-likeness (QED) is 0.614. The van der Waals surface area contributed by atoms with Crippen molar-refractivity contribution in [2.24, 2.45) is 0 Å². The molecule has 0 aliphatic heterocycles. The molecule has 0 saturated heterocycles. The van der Waals surface area contributed by atoms with Gasteiger partial charge in [-0.15, -0.1) is 0 Å². The van der Waals surface area contributed by atoms with Gasteiger partial charge in [-0.2, -0.15) is 5.10 Å². The van der Waals surface area contributed by atoms with E-state index >= 15 is 0 Å². The average molecular weight is 274 g/mol. The van der Waals surface area contributed by atoms with E-state index in [1.807, 2.05) is 18.2 Å². The molecule has 1 aromatic carbocycles. The van der Waals surface area contributed by atoms with Crippen LogP contribution in [0, 0.1) is 0 Å². The number of fused-ring (bicyclic) bond motifs is 1. The third-order valence-corrected chi connectivity index (χ3v) is 3.47. The lowest BCUT2D eigenvalue weighted by Gasteiger charge is -2.02. The van der Waals surface area contributed by atoms with Gasteiger partial charge in [-0.3, -0.25) is 4.79 Å². The minimum Gasteiger partial charge on any atom is -0.464 e. The SMILES string of the molecule is COC(=O)c1nn(COC=O)c2ccc(C3CC3)cc12. The predicted octanol–water partition coefficient (Wildman–Crippen LogP) is 1.83. The van der Waals surface area contributed by atoms with Gasteiger partial charge in [-0.05, 0) is 36.5 Å². The van der Waals surface area contributed by atoms with Crippen LogP contribution in [0.25, 0.3) is 10.9 Å². The number of hydrogen-bond acceptors (Lipinski definition) is 5. The molecule has 1 saturated carbocycles. The topological polar surface area (TPSA) is 70.4 Å². The fourth-order valence-electron chi connectivity index (χ4n) is 2.31. The Labute approximate surface area is 115 Å². The highest BCUT2D eigenvalue weighted by molar-refractivity contribution is 6.02. The van der Waals surface area contributed by atoms with E-state index < -0.39 is 5.97 Å². The van der Waals surface area contributed by atoms with E-state index in [-0.39, 0.29) is 12.4 Å². The van der Waals surface area contributed by atoms with Gasteiger partial charge in [0.2, 0.25) is 0 Å². The number of methoxy groups -OCH3 is 1. The van der Waals surface area contributed by atoms with Crippen LogP contribution in [-0.2, 0) is 21.0 Å². The Hall–Kier alpha value is -2.37. The van der Waals surface area contributed by atoms with Gasteiger partial charge >= 0.3 is 5.97 Å². The standard InChI is InChI=1S/C14H14N2O4/c1-19-14(18)13-11-6-10(9-2-3-9)4-5-12(11)16(15-13)7-20-8-17/h4-6,8-9H,2-3,7H2,1H3. The van der Waals surface area contributed by atoms with Crippen LogP contribution in [-0.4, -0.2) is 29.3 Å². The molecule has 1 aliphatic carbocycles. The Balaban J connectivity index is 2.11. The van der Waals surface area contributed by atoms with Crippen LogP contribution >= 0.6 is 0 Å². The van der Waals surface area contributed by atoms with Gasteiger partial charge in [-0.25, -0.2) is 9.48 Å². The number of carbonyl (C=O) groups excluding carboxylic acids is 2. The number of rotatable bonds is 5. The van der Waals surface area contributed by atoms with Crippen molar-refractivity contribution < 1.29 is 19.1 Å². The fraction of sp³-hybridized carbons (Fsp3) is 0.357. The Morgan fingerprint density at radius 1 is 1.50 bits per heavy atom. The lowest BCUT2D eigenvalue weighted by Crippen LogP contribution is -2.06. The van der Waals surface area contributed by atoms with Crippen molar-refractivity contribution in [3.8, 4) is 0 Å². The zero-order valence-electron chi connectivity index (χ0n) is 11.0. The summed E-state index contributed by atoms with van der Waals surface area (Å²) in [6.07, 6.45) is 2.36. The van der Waals surface area contributed by atoms with Crippen LogP contribution < -0.4 is 0 Å². The maximum Gasteiger partial charge on any atom is 0.359 e. The number of nitrogens with zero attached hydrogens (tertiary/aromatic N) is 2. The van der Waals surface area contributed by atoms with Crippen molar-refractivity contribution in [1.29, 1.82) is 0 Å². The highest BCUT2D eigenvalue weighted by Gasteiger charge is 2.25. The molecule has 3 rings (SSSR count). The summed E-state index contributed by atoms with van der Waals surface area (Å²) in [6, 6.07) is 5.90. The molecule has 104 valence electrons. The van der Waals surface area contributed by atoms with E-state index in [0.717, 1.165) is 10.9 Å². The monoisotopic (exact) mass is 274 g/mol. The maximum atomic E-state index is 11.8. The van der Waals surface area contributed by atoms with Crippen molar-refractivity contribution in [2.45, 2.75) is 25.5 Å². The molecule has 1 heterocycles. The molecule has 1 fully saturated rings. The average Bonchev–Trinajstić information content (AvgIpc) is 3.26. The number of aromatic nitrogens is 2. The first kappa shape index (κ1) is 12.7. The Morgan fingerprint density at radius 3 is 2.95 bits per heavy atom. The van der Waals surface area contributed by atoms with Gasteiger partial charge < -0.3 is 9.47 Å². The highest BCUT2D eigenvalue weighted by Crippen LogP contribution is 2.41. The Kier molecular flexibility index (Phi) is 3.14. The number of benzene rings is 1. The summed E-state index contributed by atoms with van der Waals surface area (Å²) in [7, 11) is 1.32. The van der Waals surface area contributed by atoms with Crippen LogP contribution in [0.15, 0.2) is 18.2 Å². The second kappa shape index (κ2) is 4.96. The van der Waals surface area contributed by atoms with E-state index in [2.05, 4.69) is 5.10 Å². The van der Waals surface area contributed by atoms with E-state index in [1.165, 1.54) is 30.2 Å². The largest absolute Gasteiger partial charge is 0.464 e. The lowest BCUT2D eigenvalue weighted by atomic mass is 10.1. The maximum absolute atomic E-state index is 11.8. The molecule has 6 heteroatoms. The summed E-state index contributed by atoms with van der Waals surface area (Å²) >= 11 is 0. The van der Waals surface area contributed by atoms with Crippen molar-refractivity contribution in [3.05, 3.63) is 29.5 Å². The molecule has 6 nitrogen and oxygen atoms in total. The van der Waals surface area contributed by atoms with Crippen LogP contribution in [0.4, 0.5) is 0 Å². The summed E-state index contributed by atoms with van der Waals surface area (Å²) in [5.74, 6) is 0.0901. The van der Waals surface area contributed by atoms with Crippen molar-refractivity contribution in [2.75, 3.05) is 7.11 Å². The smallest absolute Gasteiger partial charge is 0.359 e. The molecule has 0 N–H and O–H groups in total. The van der Waals surface area contributed by atoms with Crippen LogP contribution in [0.5, 0.6) is 0 Å². The van der Waals surface area contributed by atoms with E-state index in [0.29, 0.717) is 12.4 Å². The third-order valence-electron chi connectivity index (χ3n) is 3.47. The normalized spacial score (nSPS) is 14.2. The third kappa shape index (κ3) is 2.13. The molecule has 0 atom stereocenters. The highest BCUT2D eigenvalue weighted by atomic mass is 16.5. The summed E-state index contributed by atoms with van der Waals surface area (Å²) in [5.41, 5.74) is 2.20. The first-order valence-electron chi connectivity index (χ1n) is 6.38. The molecule has 1 aliphatic rings. The second-order valence-electron chi connectivity index (χ2n) is 4.78. The molecule has 20 heavy (non-hydrogen) atoms. The molecule has 0 spiro atoms. The summed E-state index contributed by atoms with van der Waals surface area (Å²) in [4.78, 5) is 22.1. The number of carbonyl (C=O) groups is 2. The van der Waals surface area contributed by atoms with Gasteiger partial charge in [0.25, 0.3) is 6.47 Å². The zero-order chi connectivity index (χ0) is 14.1. The van der Waals surface area contributed by atoms with Crippen LogP contribution in [0.3, 0.4) is 0 Å². The molecule has 2 aromatic rings. The van der Waals surface area contributed by atoms with Crippen LogP contribution in [0.1, 0.15) is 34.8 Å². The van der Waals surface area contributed by atoms with Crippen molar-refractivity contribution in [3.63, 3.8) is 0 Å².